The van der Waals surface area contributed by atoms with Crippen LogP contribution >= 0.6 is 11.6 Å². The lowest BCUT2D eigenvalue weighted by atomic mass is 10.1. The normalized spacial score (nSPS) is 11.0. The molecule has 0 saturated carbocycles. The molecule has 0 aliphatic rings. The molecule has 0 bridgehead atoms. The predicted octanol–water partition coefficient (Wildman–Crippen LogP) is 1.51. The molecular formula is C13H10ClN2O5-. The molecule has 0 aliphatic heterocycles. The van der Waals surface area contributed by atoms with Crippen molar-refractivity contribution >= 4 is 34.2 Å². The molecule has 0 unspecified atom stereocenters. The number of halogens is 1. The smallest absolute Gasteiger partial charge is 0.288 e. The Morgan fingerprint density at radius 2 is 2.00 bits per heavy atom. The summed E-state index contributed by atoms with van der Waals surface area (Å²) in [5, 5.41) is 21.7. The lowest BCUT2D eigenvalue weighted by Gasteiger charge is -2.17. The van der Waals surface area contributed by atoms with Crippen molar-refractivity contribution in [1.82, 2.24) is 4.57 Å². The van der Waals surface area contributed by atoms with E-state index >= 15 is 0 Å². The van der Waals surface area contributed by atoms with Crippen LogP contribution in [0.4, 0.5) is 5.69 Å². The first-order valence-electron chi connectivity index (χ1n) is 5.98. The van der Waals surface area contributed by atoms with E-state index in [-0.39, 0.29) is 16.5 Å². The number of fused-ring (bicyclic) bond motifs is 1. The maximum Gasteiger partial charge on any atom is 0.288 e. The van der Waals surface area contributed by atoms with E-state index in [9.17, 15) is 24.8 Å². The third kappa shape index (κ3) is 2.47. The van der Waals surface area contributed by atoms with E-state index in [4.69, 9.17) is 11.6 Å². The van der Waals surface area contributed by atoms with Gasteiger partial charge in [-0.05, 0) is 19.9 Å². The highest BCUT2D eigenvalue weighted by atomic mass is 35.5. The molecule has 0 spiro atoms. The van der Waals surface area contributed by atoms with Crippen molar-refractivity contribution in [3.8, 4) is 0 Å². The van der Waals surface area contributed by atoms with Crippen LogP contribution < -0.4 is 10.5 Å². The van der Waals surface area contributed by atoms with Gasteiger partial charge in [0, 0.05) is 18.3 Å². The molecule has 8 heteroatoms. The summed E-state index contributed by atoms with van der Waals surface area (Å²) in [5.41, 5.74) is -1.50. The summed E-state index contributed by atoms with van der Waals surface area (Å²) in [6.07, 6.45) is 1.16. The molecule has 7 nitrogen and oxygen atoms in total. The number of pyridine rings is 1. The van der Waals surface area contributed by atoms with Crippen molar-refractivity contribution in [1.29, 1.82) is 0 Å². The van der Waals surface area contributed by atoms with Gasteiger partial charge in [0.1, 0.15) is 5.02 Å². The highest BCUT2D eigenvalue weighted by Gasteiger charge is 2.19. The van der Waals surface area contributed by atoms with Crippen LogP contribution in [0.2, 0.25) is 5.02 Å². The van der Waals surface area contributed by atoms with Gasteiger partial charge in [-0.25, -0.2) is 0 Å². The van der Waals surface area contributed by atoms with Gasteiger partial charge in [0.15, 0.2) is 5.43 Å². The second-order valence-electron chi connectivity index (χ2n) is 4.74. The lowest BCUT2D eigenvalue weighted by molar-refractivity contribution is -0.384. The van der Waals surface area contributed by atoms with Crippen molar-refractivity contribution in [2.24, 2.45) is 0 Å². The quantitative estimate of drug-likeness (QED) is 0.631. The molecule has 0 amide bonds. The SMILES string of the molecule is CC(C)n1cc(C(=O)[O-])c(=O)c2cc([N+](=O)[O-])c(Cl)cc21. The zero-order chi connectivity index (χ0) is 15.9. The van der Waals surface area contributed by atoms with E-state index in [1.54, 1.807) is 13.8 Å². The molecule has 1 heterocycles. The minimum absolute atomic E-state index is 0.0819. The van der Waals surface area contributed by atoms with Gasteiger partial charge < -0.3 is 14.5 Å². The number of nitro groups is 1. The van der Waals surface area contributed by atoms with E-state index in [0.29, 0.717) is 5.52 Å². The minimum Gasteiger partial charge on any atom is -0.545 e. The first kappa shape index (κ1) is 15.0. The largest absolute Gasteiger partial charge is 0.545 e. The van der Waals surface area contributed by atoms with Gasteiger partial charge in [0.2, 0.25) is 0 Å². The Morgan fingerprint density at radius 3 is 2.48 bits per heavy atom. The first-order valence-corrected chi connectivity index (χ1v) is 6.36. The van der Waals surface area contributed by atoms with Gasteiger partial charge in [0.25, 0.3) is 5.69 Å². The number of hydrogen-bond acceptors (Lipinski definition) is 5. The fraction of sp³-hybridized carbons (Fsp3) is 0.231. The highest BCUT2D eigenvalue weighted by molar-refractivity contribution is 6.33. The number of nitrogens with zero attached hydrogens (tertiary/aromatic N) is 2. The summed E-state index contributed by atoms with van der Waals surface area (Å²) in [4.78, 5) is 33.3. The summed E-state index contributed by atoms with van der Waals surface area (Å²) in [6.45, 7) is 3.55. The number of carboxylic acids is 1. The van der Waals surface area contributed by atoms with Crippen LogP contribution in [0.5, 0.6) is 0 Å². The van der Waals surface area contributed by atoms with Crippen molar-refractivity contribution in [2.45, 2.75) is 19.9 Å². The average Bonchev–Trinajstić information content (AvgIpc) is 2.37. The molecule has 1 aromatic heterocycles. The number of benzene rings is 1. The van der Waals surface area contributed by atoms with Crippen LogP contribution in [0.1, 0.15) is 30.2 Å². The number of aromatic nitrogens is 1. The molecule has 0 saturated heterocycles. The maximum atomic E-state index is 12.1. The topological polar surface area (TPSA) is 105 Å². The molecule has 0 atom stereocenters. The van der Waals surface area contributed by atoms with Crippen molar-refractivity contribution in [3.05, 3.63) is 49.3 Å². The Bertz CT molecular complexity index is 825. The molecule has 2 rings (SSSR count). The van der Waals surface area contributed by atoms with Crippen LogP contribution in [0.3, 0.4) is 0 Å². The summed E-state index contributed by atoms with van der Waals surface area (Å²) in [6, 6.07) is 2.10. The Balaban J connectivity index is 3.02. The number of nitro benzene ring substituents is 1. The van der Waals surface area contributed by atoms with Gasteiger partial charge in [-0.1, -0.05) is 11.6 Å². The molecule has 0 aliphatic carbocycles. The number of carbonyl (C=O) groups is 1. The summed E-state index contributed by atoms with van der Waals surface area (Å²) in [5.74, 6) is -1.63. The van der Waals surface area contributed by atoms with Gasteiger partial charge in [-0.3, -0.25) is 14.9 Å². The summed E-state index contributed by atoms with van der Waals surface area (Å²) >= 11 is 5.84. The second-order valence-corrected chi connectivity index (χ2v) is 5.15. The van der Waals surface area contributed by atoms with Gasteiger partial charge >= 0.3 is 0 Å². The molecule has 0 fully saturated rings. The van der Waals surface area contributed by atoms with E-state index in [2.05, 4.69) is 0 Å². The fourth-order valence-corrected chi connectivity index (χ4v) is 2.30. The van der Waals surface area contributed by atoms with Gasteiger partial charge in [-0.2, -0.15) is 0 Å². The van der Waals surface area contributed by atoms with Gasteiger partial charge in [-0.15, -0.1) is 0 Å². The van der Waals surface area contributed by atoms with Crippen molar-refractivity contribution < 1.29 is 14.8 Å². The van der Waals surface area contributed by atoms with E-state index in [0.717, 1.165) is 12.3 Å². The number of carboxylic acid groups (broad SMARTS) is 1. The number of hydrogen-bond donors (Lipinski definition) is 0. The van der Waals surface area contributed by atoms with Crippen LogP contribution in [-0.2, 0) is 0 Å². The zero-order valence-electron chi connectivity index (χ0n) is 11.1. The first-order chi connectivity index (χ1) is 9.73. The molecule has 2 aromatic rings. The van der Waals surface area contributed by atoms with E-state index in [1.165, 1.54) is 10.6 Å². The standard InChI is InChI=1S/C13H11ClN2O5/c1-6(2)15-5-8(13(18)19)12(17)7-3-11(16(20)21)9(14)4-10(7)15/h3-6H,1-2H3,(H,18,19)/p-1. The predicted molar refractivity (Wildman–Crippen MR) is 74.6 cm³/mol. The molecular weight excluding hydrogens is 300 g/mol. The van der Waals surface area contributed by atoms with Crippen LogP contribution in [-0.4, -0.2) is 15.5 Å². The second kappa shape index (κ2) is 5.17. The lowest BCUT2D eigenvalue weighted by Crippen LogP contribution is -2.30. The Hall–Kier alpha value is -2.41. The minimum atomic E-state index is -1.63. The van der Waals surface area contributed by atoms with Crippen LogP contribution in [0.15, 0.2) is 23.1 Å². The molecule has 1 aromatic carbocycles. The van der Waals surface area contributed by atoms with Crippen LogP contribution in [0, 0.1) is 10.1 Å². The number of carbonyl (C=O) groups excluding carboxylic acids is 1. The highest BCUT2D eigenvalue weighted by Crippen LogP contribution is 2.29. The third-order valence-corrected chi connectivity index (χ3v) is 3.38. The molecule has 0 N–H and O–H groups in total. The Labute approximate surface area is 123 Å². The fourth-order valence-electron chi connectivity index (χ4n) is 2.07. The molecule has 21 heavy (non-hydrogen) atoms. The molecule has 110 valence electrons. The average molecular weight is 310 g/mol. The molecule has 0 radical (unpaired) electrons. The van der Waals surface area contributed by atoms with Crippen molar-refractivity contribution in [2.75, 3.05) is 0 Å². The Morgan fingerprint density at radius 1 is 1.38 bits per heavy atom. The van der Waals surface area contributed by atoms with Gasteiger partial charge in [0.05, 0.1) is 27.4 Å². The number of rotatable bonds is 3. The Kier molecular flexibility index (Phi) is 3.69. The van der Waals surface area contributed by atoms with Crippen LogP contribution in [0.25, 0.3) is 10.9 Å². The summed E-state index contributed by atoms with van der Waals surface area (Å²) in [7, 11) is 0. The van der Waals surface area contributed by atoms with E-state index < -0.39 is 27.6 Å². The van der Waals surface area contributed by atoms with E-state index in [1.807, 2.05) is 0 Å². The zero-order valence-corrected chi connectivity index (χ0v) is 11.9. The summed E-state index contributed by atoms with van der Waals surface area (Å²) < 4.78 is 1.51. The van der Waals surface area contributed by atoms with Crippen molar-refractivity contribution in [3.63, 3.8) is 0 Å². The third-order valence-electron chi connectivity index (χ3n) is 3.07. The number of aromatic carboxylic acids is 1. The maximum absolute atomic E-state index is 12.1. The monoisotopic (exact) mass is 309 g/mol.